The molecule has 1 N–H and O–H groups in total. The monoisotopic (exact) mass is 354 g/mol. The summed E-state index contributed by atoms with van der Waals surface area (Å²) in [5.74, 6) is -1.43. The van der Waals surface area contributed by atoms with Crippen molar-refractivity contribution in [3.63, 3.8) is 0 Å². The van der Waals surface area contributed by atoms with E-state index in [1.54, 1.807) is 43.3 Å². The van der Waals surface area contributed by atoms with E-state index in [1.807, 2.05) is 0 Å². The Morgan fingerprint density at radius 2 is 1.96 bits per heavy atom. The maximum absolute atomic E-state index is 13.2. The van der Waals surface area contributed by atoms with Gasteiger partial charge in [-0.2, -0.15) is 0 Å². The molecule has 3 rings (SSSR count). The van der Waals surface area contributed by atoms with Gasteiger partial charge in [0.2, 0.25) is 0 Å². The fourth-order valence-corrected chi connectivity index (χ4v) is 2.81. The van der Waals surface area contributed by atoms with Gasteiger partial charge < -0.3 is 14.6 Å². The summed E-state index contributed by atoms with van der Waals surface area (Å²) in [7, 11) is 0. The van der Waals surface area contributed by atoms with Crippen LogP contribution in [0.15, 0.2) is 40.8 Å². The number of benzene rings is 1. The number of amides is 2. The molecule has 128 valence electrons. The smallest absolute Gasteiger partial charge is 0.322 e. The normalized spacial score (nSPS) is 16.5. The first-order valence-corrected chi connectivity index (χ1v) is 7.96. The lowest BCUT2D eigenvalue weighted by Crippen LogP contribution is -2.53. The molecular formula is C17H17ClF2N2O2. The van der Waals surface area contributed by atoms with Crippen LogP contribution in [-0.2, 0) is 6.54 Å². The number of hydrogen-bond donors (Lipinski definition) is 1. The highest BCUT2D eigenvalue weighted by Crippen LogP contribution is 2.41. The van der Waals surface area contributed by atoms with Crippen LogP contribution in [0, 0.1) is 6.92 Å². The number of anilines is 1. The van der Waals surface area contributed by atoms with Gasteiger partial charge in [0.05, 0.1) is 6.54 Å². The highest BCUT2D eigenvalue weighted by Gasteiger charge is 2.49. The highest BCUT2D eigenvalue weighted by molar-refractivity contribution is 6.30. The van der Waals surface area contributed by atoms with Crippen molar-refractivity contribution in [1.29, 1.82) is 0 Å². The minimum atomic E-state index is -2.71. The van der Waals surface area contributed by atoms with Crippen molar-refractivity contribution in [2.45, 2.75) is 38.3 Å². The lowest BCUT2D eigenvalue weighted by atomic mass is 9.87. The fourth-order valence-electron chi connectivity index (χ4n) is 2.68. The molecule has 2 amide bonds. The van der Waals surface area contributed by atoms with Crippen molar-refractivity contribution in [2.75, 3.05) is 5.32 Å². The molecule has 0 aliphatic heterocycles. The molecule has 0 atom stereocenters. The number of aryl methyl sites for hydroxylation is 1. The molecule has 0 saturated heterocycles. The average Bonchev–Trinajstić information content (AvgIpc) is 2.90. The summed E-state index contributed by atoms with van der Waals surface area (Å²) in [5, 5.41) is 3.27. The second-order valence-corrected chi connectivity index (χ2v) is 6.43. The van der Waals surface area contributed by atoms with Crippen LogP contribution in [-0.4, -0.2) is 22.9 Å². The molecule has 0 bridgehead atoms. The van der Waals surface area contributed by atoms with Crippen LogP contribution in [0.5, 0.6) is 0 Å². The zero-order valence-electron chi connectivity index (χ0n) is 13.1. The third kappa shape index (κ3) is 3.87. The van der Waals surface area contributed by atoms with E-state index in [4.69, 9.17) is 16.0 Å². The Labute approximate surface area is 143 Å². The summed E-state index contributed by atoms with van der Waals surface area (Å²) >= 11 is 5.81. The van der Waals surface area contributed by atoms with Gasteiger partial charge in [0.1, 0.15) is 11.5 Å². The van der Waals surface area contributed by atoms with Gasteiger partial charge in [-0.1, -0.05) is 11.6 Å². The van der Waals surface area contributed by atoms with Gasteiger partial charge in [-0.25, -0.2) is 13.6 Å². The predicted molar refractivity (Wildman–Crippen MR) is 87.4 cm³/mol. The first kappa shape index (κ1) is 16.8. The molecule has 0 unspecified atom stereocenters. The zero-order chi connectivity index (χ0) is 17.3. The Morgan fingerprint density at radius 3 is 2.50 bits per heavy atom. The molecule has 1 fully saturated rings. The molecule has 1 saturated carbocycles. The van der Waals surface area contributed by atoms with Crippen LogP contribution in [0.1, 0.15) is 24.4 Å². The Morgan fingerprint density at radius 1 is 1.29 bits per heavy atom. The minimum absolute atomic E-state index is 0.147. The number of carbonyl (C=O) groups is 1. The van der Waals surface area contributed by atoms with Crippen molar-refractivity contribution in [2.24, 2.45) is 0 Å². The summed E-state index contributed by atoms with van der Waals surface area (Å²) in [6, 6.07) is 9.18. The van der Waals surface area contributed by atoms with E-state index < -0.39 is 18.0 Å². The topological polar surface area (TPSA) is 45.5 Å². The van der Waals surface area contributed by atoms with E-state index in [2.05, 4.69) is 5.32 Å². The number of halogens is 3. The summed E-state index contributed by atoms with van der Waals surface area (Å²) in [6.07, 6.45) is -0.665. The first-order valence-electron chi connectivity index (χ1n) is 7.59. The molecule has 0 spiro atoms. The number of carbonyl (C=O) groups excluding carboxylic acids is 1. The van der Waals surface area contributed by atoms with Crippen molar-refractivity contribution < 1.29 is 18.0 Å². The van der Waals surface area contributed by atoms with Gasteiger partial charge in [0.25, 0.3) is 5.92 Å². The molecule has 2 aromatic rings. The van der Waals surface area contributed by atoms with E-state index in [9.17, 15) is 13.6 Å². The first-order chi connectivity index (χ1) is 11.3. The van der Waals surface area contributed by atoms with Crippen LogP contribution >= 0.6 is 11.6 Å². The Bertz CT molecular complexity index is 722. The van der Waals surface area contributed by atoms with Crippen molar-refractivity contribution in [3.05, 3.63) is 52.9 Å². The van der Waals surface area contributed by atoms with Crippen LogP contribution in [0.4, 0.5) is 19.3 Å². The molecule has 1 aliphatic rings. The number of nitrogens with one attached hydrogen (secondary N) is 1. The third-order valence-electron chi connectivity index (χ3n) is 3.99. The molecular weight excluding hydrogens is 338 g/mol. The van der Waals surface area contributed by atoms with Gasteiger partial charge in [0, 0.05) is 29.6 Å². The third-order valence-corrected chi connectivity index (χ3v) is 4.24. The fraction of sp³-hybridized carbons (Fsp3) is 0.353. The van der Waals surface area contributed by atoms with Gasteiger partial charge in [0.15, 0.2) is 0 Å². The summed E-state index contributed by atoms with van der Waals surface area (Å²) in [6.45, 7) is 1.94. The van der Waals surface area contributed by atoms with Crippen LogP contribution in [0.2, 0.25) is 5.02 Å². The molecule has 0 radical (unpaired) electrons. The van der Waals surface area contributed by atoms with E-state index in [-0.39, 0.29) is 19.4 Å². The number of rotatable bonds is 4. The summed E-state index contributed by atoms with van der Waals surface area (Å²) in [5.41, 5.74) is 0.552. The number of nitrogens with zero attached hydrogens (tertiary/aromatic N) is 1. The quantitative estimate of drug-likeness (QED) is 0.832. The number of urea groups is 1. The highest BCUT2D eigenvalue weighted by atomic mass is 35.5. The largest absolute Gasteiger partial charge is 0.464 e. The Kier molecular flexibility index (Phi) is 4.49. The van der Waals surface area contributed by atoms with Gasteiger partial charge >= 0.3 is 6.03 Å². The molecule has 24 heavy (non-hydrogen) atoms. The van der Waals surface area contributed by atoms with E-state index in [0.29, 0.717) is 22.2 Å². The number of hydrogen-bond acceptors (Lipinski definition) is 2. The zero-order valence-corrected chi connectivity index (χ0v) is 13.8. The molecule has 1 aliphatic carbocycles. The lowest BCUT2D eigenvalue weighted by Gasteiger charge is -2.42. The Balaban J connectivity index is 1.73. The van der Waals surface area contributed by atoms with Crippen LogP contribution < -0.4 is 5.32 Å². The van der Waals surface area contributed by atoms with Gasteiger partial charge in [-0.3, -0.25) is 0 Å². The SMILES string of the molecule is Cc1ccc(CN(C(=O)Nc2ccc(Cl)cc2)C2CC(F)(F)C2)o1. The lowest BCUT2D eigenvalue weighted by molar-refractivity contribution is -0.116. The molecule has 1 aromatic carbocycles. The van der Waals surface area contributed by atoms with Crippen LogP contribution in [0.3, 0.4) is 0 Å². The molecule has 1 heterocycles. The summed E-state index contributed by atoms with van der Waals surface area (Å²) < 4.78 is 31.9. The van der Waals surface area contributed by atoms with Gasteiger partial charge in [-0.15, -0.1) is 0 Å². The summed E-state index contributed by atoms with van der Waals surface area (Å²) in [4.78, 5) is 13.9. The predicted octanol–water partition coefficient (Wildman–Crippen LogP) is 5.07. The van der Waals surface area contributed by atoms with Gasteiger partial charge in [-0.05, 0) is 43.3 Å². The van der Waals surface area contributed by atoms with Crippen molar-refractivity contribution in [3.8, 4) is 0 Å². The second-order valence-electron chi connectivity index (χ2n) is 6.00. The minimum Gasteiger partial charge on any atom is -0.464 e. The molecule has 7 heteroatoms. The second kappa shape index (κ2) is 6.43. The van der Waals surface area contributed by atoms with Crippen molar-refractivity contribution >= 4 is 23.3 Å². The molecule has 4 nitrogen and oxygen atoms in total. The van der Waals surface area contributed by atoms with Crippen LogP contribution in [0.25, 0.3) is 0 Å². The number of alkyl halides is 2. The van der Waals surface area contributed by atoms with E-state index in [0.717, 1.165) is 0 Å². The maximum Gasteiger partial charge on any atom is 0.322 e. The molecule has 1 aromatic heterocycles. The maximum atomic E-state index is 13.2. The number of furan rings is 1. The van der Waals surface area contributed by atoms with E-state index >= 15 is 0 Å². The Hall–Kier alpha value is -2.08. The standard InChI is InChI=1S/C17H17ClF2N2O2/c1-11-2-7-15(24-11)10-22(14-8-17(19,20)9-14)16(23)21-13-5-3-12(18)4-6-13/h2-7,14H,8-10H2,1H3,(H,21,23). The van der Waals surface area contributed by atoms with Crippen molar-refractivity contribution in [1.82, 2.24) is 4.90 Å². The average molecular weight is 355 g/mol. The van der Waals surface area contributed by atoms with E-state index in [1.165, 1.54) is 4.90 Å².